The molecule has 1 aromatic heterocycles. The molecule has 0 unspecified atom stereocenters. The Balaban J connectivity index is 1.11. The van der Waals surface area contributed by atoms with Crippen molar-refractivity contribution in [2.24, 2.45) is 23.2 Å². The highest BCUT2D eigenvalue weighted by Gasteiger charge is 2.51. The molecule has 4 saturated carbocycles. The van der Waals surface area contributed by atoms with Crippen LogP contribution in [0.25, 0.3) is 11.0 Å². The summed E-state index contributed by atoms with van der Waals surface area (Å²) in [6.45, 7) is -0.250. The molecule has 0 saturated heterocycles. The summed E-state index contributed by atoms with van der Waals surface area (Å²) in [6.07, 6.45) is 7.97. The number of rotatable bonds is 5. The number of fused-ring (bicyclic) bond motifs is 1. The molecule has 4 aliphatic rings. The van der Waals surface area contributed by atoms with Crippen LogP contribution in [0.3, 0.4) is 0 Å². The van der Waals surface area contributed by atoms with Crippen LogP contribution in [0.5, 0.6) is 5.75 Å². The van der Waals surface area contributed by atoms with Gasteiger partial charge in [-0.1, -0.05) is 0 Å². The lowest BCUT2D eigenvalue weighted by Gasteiger charge is -2.56. The van der Waals surface area contributed by atoms with E-state index in [4.69, 9.17) is 9.15 Å². The molecule has 1 heterocycles. The van der Waals surface area contributed by atoms with Gasteiger partial charge >= 0.3 is 5.63 Å². The molecule has 2 aromatic rings. The van der Waals surface area contributed by atoms with E-state index in [1.165, 1.54) is 25.3 Å². The van der Waals surface area contributed by atoms with Crippen molar-refractivity contribution in [2.75, 3.05) is 6.61 Å². The number of hydrogen-bond donors (Lipinski definition) is 2. The zero-order valence-corrected chi connectivity index (χ0v) is 16.8. The molecule has 158 valence electrons. The predicted molar refractivity (Wildman–Crippen MR) is 109 cm³/mol. The number of amides is 2. The molecular formula is C23H26N2O5. The van der Waals surface area contributed by atoms with Gasteiger partial charge in [0.25, 0.3) is 5.91 Å². The average molecular weight is 410 g/mol. The van der Waals surface area contributed by atoms with E-state index in [9.17, 15) is 14.4 Å². The molecular weight excluding hydrogens is 384 g/mol. The first-order valence-electron chi connectivity index (χ1n) is 10.7. The molecule has 0 spiro atoms. The van der Waals surface area contributed by atoms with Crippen LogP contribution in [-0.2, 0) is 9.59 Å². The average Bonchev–Trinajstić information content (AvgIpc) is 2.69. The maximum atomic E-state index is 12.5. The third-order valence-corrected chi connectivity index (χ3v) is 7.01. The van der Waals surface area contributed by atoms with E-state index in [-0.39, 0.29) is 17.9 Å². The van der Waals surface area contributed by atoms with Crippen molar-refractivity contribution < 1.29 is 18.7 Å². The van der Waals surface area contributed by atoms with Gasteiger partial charge in [-0.15, -0.1) is 0 Å². The molecule has 2 amide bonds. The largest absolute Gasteiger partial charge is 0.484 e. The van der Waals surface area contributed by atoms with E-state index < -0.39 is 11.5 Å². The molecule has 0 aliphatic heterocycles. The van der Waals surface area contributed by atoms with E-state index in [0.717, 1.165) is 42.4 Å². The smallest absolute Gasteiger partial charge is 0.336 e. The fraction of sp³-hybridized carbons (Fsp3) is 0.522. The fourth-order valence-corrected chi connectivity index (χ4v) is 6.35. The summed E-state index contributed by atoms with van der Waals surface area (Å²) in [6, 6.07) is 8.02. The second-order valence-electron chi connectivity index (χ2n) is 9.43. The van der Waals surface area contributed by atoms with E-state index in [1.807, 2.05) is 0 Å². The number of carbonyl (C=O) groups is 2. The van der Waals surface area contributed by atoms with Crippen LogP contribution in [0.4, 0.5) is 0 Å². The van der Waals surface area contributed by atoms with Crippen LogP contribution in [0.1, 0.15) is 44.9 Å². The van der Waals surface area contributed by atoms with Crippen LogP contribution >= 0.6 is 0 Å². The SMILES string of the molecule is O=C(COc1ccc2ccc(=O)oc2c1)NNC(=O)CC12CC3CC(CC(C3)C1)C2. The highest BCUT2D eigenvalue weighted by molar-refractivity contribution is 5.83. The third-order valence-electron chi connectivity index (χ3n) is 7.01. The van der Waals surface area contributed by atoms with Gasteiger partial charge in [-0.3, -0.25) is 20.4 Å². The number of hydrogen-bond acceptors (Lipinski definition) is 5. The van der Waals surface area contributed by atoms with Gasteiger partial charge in [-0.2, -0.15) is 0 Å². The Bertz CT molecular complexity index is 1010. The van der Waals surface area contributed by atoms with E-state index >= 15 is 0 Å². The monoisotopic (exact) mass is 410 g/mol. The summed E-state index contributed by atoms with van der Waals surface area (Å²) < 4.78 is 10.6. The quantitative estimate of drug-likeness (QED) is 0.583. The topological polar surface area (TPSA) is 97.6 Å². The van der Waals surface area contributed by atoms with Crippen molar-refractivity contribution >= 4 is 22.8 Å². The van der Waals surface area contributed by atoms with E-state index in [1.54, 1.807) is 24.3 Å². The Morgan fingerprint density at radius 2 is 1.60 bits per heavy atom. The summed E-state index contributed by atoms with van der Waals surface area (Å²) in [5, 5.41) is 0.767. The summed E-state index contributed by atoms with van der Waals surface area (Å²) in [4.78, 5) is 35.9. The van der Waals surface area contributed by atoms with Crippen LogP contribution < -0.4 is 21.2 Å². The summed E-state index contributed by atoms with van der Waals surface area (Å²) in [5.41, 5.74) is 5.08. The lowest BCUT2D eigenvalue weighted by atomic mass is 9.49. The van der Waals surface area contributed by atoms with E-state index in [0.29, 0.717) is 17.8 Å². The molecule has 4 fully saturated rings. The fourth-order valence-electron chi connectivity index (χ4n) is 6.35. The number of ether oxygens (including phenoxy) is 1. The first kappa shape index (κ1) is 19.2. The van der Waals surface area contributed by atoms with Crippen LogP contribution in [0.2, 0.25) is 0 Å². The third kappa shape index (κ3) is 3.93. The standard InChI is InChI=1S/C23H26N2O5/c26-20(12-23-9-14-5-15(10-23)7-16(6-14)11-23)24-25-21(27)13-29-18-3-1-17-2-4-22(28)30-19(17)8-18/h1-4,8,14-16H,5-7,9-13H2,(H,24,26)(H,25,27). The minimum absolute atomic E-state index is 0.127. The Morgan fingerprint density at radius 1 is 0.967 bits per heavy atom. The number of hydrazine groups is 1. The van der Waals surface area contributed by atoms with Gasteiger partial charge in [0.05, 0.1) is 0 Å². The first-order valence-corrected chi connectivity index (χ1v) is 10.7. The van der Waals surface area contributed by atoms with Crippen molar-refractivity contribution in [1.82, 2.24) is 10.9 Å². The molecule has 30 heavy (non-hydrogen) atoms. The van der Waals surface area contributed by atoms with Gasteiger partial charge in [0.15, 0.2) is 6.61 Å². The molecule has 7 nitrogen and oxygen atoms in total. The van der Waals surface area contributed by atoms with Gasteiger partial charge < -0.3 is 9.15 Å². The number of benzene rings is 1. The highest BCUT2D eigenvalue weighted by atomic mass is 16.5. The first-order chi connectivity index (χ1) is 14.5. The van der Waals surface area contributed by atoms with Gasteiger partial charge in [0.1, 0.15) is 11.3 Å². The summed E-state index contributed by atoms with van der Waals surface area (Å²) in [7, 11) is 0. The van der Waals surface area contributed by atoms with Crippen molar-refractivity contribution in [3.8, 4) is 5.75 Å². The lowest BCUT2D eigenvalue weighted by Crippen LogP contribution is -2.50. The molecule has 0 atom stereocenters. The van der Waals surface area contributed by atoms with Crippen molar-refractivity contribution in [3.63, 3.8) is 0 Å². The Labute approximate surface area is 174 Å². The van der Waals surface area contributed by atoms with Crippen LogP contribution in [0.15, 0.2) is 39.5 Å². The van der Waals surface area contributed by atoms with Crippen LogP contribution in [0, 0.1) is 23.2 Å². The Hall–Kier alpha value is -2.83. The summed E-state index contributed by atoms with van der Waals surface area (Å²) >= 11 is 0. The van der Waals surface area contributed by atoms with E-state index in [2.05, 4.69) is 10.9 Å². The van der Waals surface area contributed by atoms with Crippen molar-refractivity contribution in [1.29, 1.82) is 0 Å². The molecule has 4 aliphatic carbocycles. The zero-order valence-electron chi connectivity index (χ0n) is 16.8. The van der Waals surface area contributed by atoms with Crippen LogP contribution in [-0.4, -0.2) is 18.4 Å². The zero-order chi connectivity index (χ0) is 20.7. The van der Waals surface area contributed by atoms with Gasteiger partial charge in [0, 0.05) is 23.9 Å². The normalized spacial score (nSPS) is 29.0. The number of nitrogens with one attached hydrogen (secondary N) is 2. The molecule has 6 rings (SSSR count). The van der Waals surface area contributed by atoms with Gasteiger partial charge in [-0.25, -0.2) is 4.79 Å². The highest BCUT2D eigenvalue weighted by Crippen LogP contribution is 2.61. The Kier molecular flexibility index (Phi) is 4.76. The van der Waals surface area contributed by atoms with Gasteiger partial charge in [0.2, 0.25) is 5.91 Å². The molecule has 2 N–H and O–H groups in total. The molecule has 1 aromatic carbocycles. The lowest BCUT2D eigenvalue weighted by molar-refractivity contribution is -0.134. The minimum atomic E-state index is -0.445. The second-order valence-corrected chi connectivity index (χ2v) is 9.43. The van der Waals surface area contributed by atoms with Gasteiger partial charge in [-0.05, 0) is 79.9 Å². The van der Waals surface area contributed by atoms with Crippen molar-refractivity contribution in [2.45, 2.75) is 44.9 Å². The molecule has 0 radical (unpaired) electrons. The molecule has 7 heteroatoms. The summed E-state index contributed by atoms with van der Waals surface area (Å²) in [5.74, 6) is 2.21. The Morgan fingerprint density at radius 3 is 2.30 bits per heavy atom. The predicted octanol–water partition coefficient (Wildman–Crippen LogP) is 2.93. The van der Waals surface area contributed by atoms with Crippen molar-refractivity contribution in [3.05, 3.63) is 40.8 Å². The second kappa shape index (κ2) is 7.45. The number of carbonyl (C=O) groups excluding carboxylic acids is 2. The minimum Gasteiger partial charge on any atom is -0.484 e. The molecule has 4 bridgehead atoms. The maximum absolute atomic E-state index is 12.5. The maximum Gasteiger partial charge on any atom is 0.336 e.